The van der Waals surface area contributed by atoms with Crippen LogP contribution in [0.1, 0.15) is 20.7 Å². The Hall–Kier alpha value is -4.79. The van der Waals surface area contributed by atoms with Crippen molar-refractivity contribution in [3.8, 4) is 17.2 Å². The van der Waals surface area contributed by atoms with E-state index in [0.29, 0.717) is 39.6 Å². The molecule has 1 aromatic heterocycles. The van der Waals surface area contributed by atoms with Crippen LogP contribution in [0.2, 0.25) is 0 Å². The van der Waals surface area contributed by atoms with Gasteiger partial charge in [-0.15, -0.1) is 0 Å². The molecule has 0 aliphatic carbocycles. The number of nitrogens with one attached hydrogen (secondary N) is 1. The second kappa shape index (κ2) is 10.0. The Balaban J connectivity index is 1.80. The number of carbonyl (C=O) groups excluding carboxylic acids is 2. The Labute approximate surface area is 200 Å². The number of hydrogen-bond acceptors (Lipinski definition) is 8. The van der Waals surface area contributed by atoms with Crippen molar-refractivity contribution in [1.82, 2.24) is 0 Å². The molecule has 0 aliphatic rings. The van der Waals surface area contributed by atoms with E-state index in [4.69, 9.17) is 18.6 Å². The lowest BCUT2D eigenvalue weighted by Gasteiger charge is -2.11. The number of carbonyl (C=O) groups is 2. The number of ether oxygens (including phenoxy) is 3. The molecule has 0 atom stereocenters. The molecule has 0 aliphatic heterocycles. The molecule has 0 unspecified atom stereocenters. The summed E-state index contributed by atoms with van der Waals surface area (Å²) in [6, 6.07) is 17.6. The normalized spacial score (nSPS) is 11.2. The number of carboxylic acids is 1. The van der Waals surface area contributed by atoms with E-state index in [1.54, 1.807) is 42.5 Å². The van der Waals surface area contributed by atoms with Crippen LogP contribution < -0.4 is 30.2 Å². The van der Waals surface area contributed by atoms with Gasteiger partial charge in [0.15, 0.2) is 11.5 Å². The zero-order chi connectivity index (χ0) is 24.9. The van der Waals surface area contributed by atoms with Crippen LogP contribution >= 0.6 is 0 Å². The van der Waals surface area contributed by atoms with Crippen LogP contribution in [-0.4, -0.2) is 33.2 Å². The third kappa shape index (κ3) is 5.09. The number of nitrogens with zero attached hydrogens (tertiary/aromatic N) is 1. The van der Waals surface area contributed by atoms with Crippen LogP contribution in [0.3, 0.4) is 0 Å². The fourth-order valence-corrected chi connectivity index (χ4v) is 3.37. The molecule has 4 rings (SSSR count). The maximum absolute atomic E-state index is 13.3. The molecule has 4 aromatic rings. The van der Waals surface area contributed by atoms with E-state index in [1.807, 2.05) is 0 Å². The number of methoxy groups -OCH3 is 3. The standard InChI is InChI=1S/C26H22N2O7/c1-32-19-10-6-16-12-20(24(29)27-18-9-11-21(33-2)23(13-18)34-3)25(35-22(16)14-19)28-17-7-4-15(5-8-17)26(30)31/h4-14H,1-3H3,(H,27,29)(H,30,31)/p-1. The molecular weight excluding hydrogens is 452 g/mol. The van der Waals surface area contributed by atoms with Crippen LogP contribution in [0, 0.1) is 0 Å². The third-order valence-electron chi connectivity index (χ3n) is 5.18. The van der Waals surface area contributed by atoms with Gasteiger partial charge in [-0.1, -0.05) is 12.1 Å². The minimum atomic E-state index is -1.30. The van der Waals surface area contributed by atoms with Crippen molar-refractivity contribution in [2.24, 2.45) is 4.99 Å². The second-order valence-electron chi connectivity index (χ2n) is 7.34. The van der Waals surface area contributed by atoms with Crippen LogP contribution in [0.15, 0.2) is 76.1 Å². The third-order valence-corrected chi connectivity index (χ3v) is 5.18. The molecule has 0 bridgehead atoms. The Kier molecular flexibility index (Phi) is 6.68. The molecule has 0 saturated heterocycles. The number of fused-ring (bicyclic) bond motifs is 1. The lowest BCUT2D eigenvalue weighted by molar-refractivity contribution is -0.255. The quantitative estimate of drug-likeness (QED) is 0.437. The molecule has 1 N–H and O–H groups in total. The molecule has 3 aromatic carbocycles. The molecule has 1 heterocycles. The Morgan fingerprint density at radius 2 is 1.60 bits per heavy atom. The van der Waals surface area contributed by atoms with Crippen molar-refractivity contribution in [2.45, 2.75) is 0 Å². The van der Waals surface area contributed by atoms with Gasteiger partial charge in [0.2, 0.25) is 5.55 Å². The summed E-state index contributed by atoms with van der Waals surface area (Å²) in [6.45, 7) is 0. The maximum atomic E-state index is 13.3. The van der Waals surface area contributed by atoms with Gasteiger partial charge < -0.3 is 33.8 Å². The van der Waals surface area contributed by atoms with Gasteiger partial charge >= 0.3 is 0 Å². The SMILES string of the molecule is COc1ccc2cc(C(=O)Nc3ccc(OC)c(OC)c3)c(=Nc3ccc(C(=O)[O-])cc3)oc2c1. The van der Waals surface area contributed by atoms with Crippen LogP contribution in [0.25, 0.3) is 11.0 Å². The minimum absolute atomic E-state index is 0.00977. The predicted octanol–water partition coefficient (Wildman–Crippen LogP) is 3.31. The molecule has 0 saturated carbocycles. The summed E-state index contributed by atoms with van der Waals surface area (Å²) in [5.41, 5.74) is 1.53. The first kappa shape index (κ1) is 23.4. The van der Waals surface area contributed by atoms with Gasteiger partial charge in [0.25, 0.3) is 5.91 Å². The predicted molar refractivity (Wildman–Crippen MR) is 126 cm³/mol. The highest BCUT2D eigenvalue weighted by molar-refractivity contribution is 6.05. The Morgan fingerprint density at radius 3 is 2.26 bits per heavy atom. The van der Waals surface area contributed by atoms with Gasteiger partial charge in [0.1, 0.15) is 16.9 Å². The van der Waals surface area contributed by atoms with E-state index < -0.39 is 11.9 Å². The summed E-state index contributed by atoms with van der Waals surface area (Å²) >= 11 is 0. The molecule has 0 fully saturated rings. The van der Waals surface area contributed by atoms with E-state index in [0.717, 1.165) is 0 Å². The highest BCUT2D eigenvalue weighted by atomic mass is 16.5. The Morgan fingerprint density at radius 1 is 0.857 bits per heavy atom. The molecule has 0 radical (unpaired) electrons. The van der Waals surface area contributed by atoms with E-state index in [1.165, 1.54) is 45.6 Å². The average Bonchev–Trinajstić information content (AvgIpc) is 2.88. The largest absolute Gasteiger partial charge is 0.545 e. The van der Waals surface area contributed by atoms with E-state index in [9.17, 15) is 14.7 Å². The smallest absolute Gasteiger partial charge is 0.261 e. The molecular formula is C26H21N2O7-. The summed E-state index contributed by atoms with van der Waals surface area (Å²) in [6.07, 6.45) is 0. The molecule has 178 valence electrons. The summed E-state index contributed by atoms with van der Waals surface area (Å²) in [5, 5.41) is 14.5. The monoisotopic (exact) mass is 473 g/mol. The van der Waals surface area contributed by atoms with Crippen molar-refractivity contribution in [3.05, 3.63) is 83.4 Å². The van der Waals surface area contributed by atoms with Crippen molar-refractivity contribution in [3.63, 3.8) is 0 Å². The molecule has 9 nitrogen and oxygen atoms in total. The topological polar surface area (TPSA) is 122 Å². The second-order valence-corrected chi connectivity index (χ2v) is 7.34. The number of anilines is 1. The fraction of sp³-hybridized carbons (Fsp3) is 0.115. The highest BCUT2D eigenvalue weighted by Crippen LogP contribution is 2.30. The van der Waals surface area contributed by atoms with Gasteiger partial charge in [-0.25, -0.2) is 4.99 Å². The Bertz CT molecular complexity index is 1470. The van der Waals surface area contributed by atoms with Gasteiger partial charge in [-0.2, -0.15) is 0 Å². The van der Waals surface area contributed by atoms with E-state index in [-0.39, 0.29) is 16.7 Å². The van der Waals surface area contributed by atoms with Crippen LogP contribution in [0.4, 0.5) is 11.4 Å². The number of carboxylic acid groups (broad SMARTS) is 1. The zero-order valence-corrected chi connectivity index (χ0v) is 19.2. The van der Waals surface area contributed by atoms with Crippen LogP contribution in [0.5, 0.6) is 17.2 Å². The summed E-state index contributed by atoms with van der Waals surface area (Å²) in [4.78, 5) is 28.8. The van der Waals surface area contributed by atoms with Crippen molar-refractivity contribution < 1.29 is 33.3 Å². The first-order valence-electron chi connectivity index (χ1n) is 10.4. The first-order chi connectivity index (χ1) is 16.9. The van der Waals surface area contributed by atoms with Gasteiger partial charge in [0, 0.05) is 23.2 Å². The number of benzene rings is 3. The first-order valence-corrected chi connectivity index (χ1v) is 10.4. The van der Waals surface area contributed by atoms with Crippen molar-refractivity contribution in [2.75, 3.05) is 26.6 Å². The lowest BCUT2D eigenvalue weighted by atomic mass is 10.1. The van der Waals surface area contributed by atoms with Crippen molar-refractivity contribution >= 4 is 34.2 Å². The maximum Gasteiger partial charge on any atom is 0.261 e. The van der Waals surface area contributed by atoms with E-state index >= 15 is 0 Å². The lowest BCUT2D eigenvalue weighted by Crippen LogP contribution is -2.22. The number of rotatable bonds is 7. The van der Waals surface area contributed by atoms with Crippen LogP contribution in [-0.2, 0) is 0 Å². The summed E-state index contributed by atoms with van der Waals surface area (Å²) < 4.78 is 21.8. The minimum Gasteiger partial charge on any atom is -0.545 e. The van der Waals surface area contributed by atoms with Crippen molar-refractivity contribution in [1.29, 1.82) is 0 Å². The zero-order valence-electron chi connectivity index (χ0n) is 19.2. The summed E-state index contributed by atoms with van der Waals surface area (Å²) in [5.74, 6) is -0.208. The van der Waals surface area contributed by atoms with Gasteiger partial charge in [-0.05, 0) is 48.0 Å². The molecule has 35 heavy (non-hydrogen) atoms. The fourth-order valence-electron chi connectivity index (χ4n) is 3.37. The molecule has 1 amide bonds. The number of hydrogen-bond donors (Lipinski definition) is 1. The van der Waals surface area contributed by atoms with Gasteiger partial charge in [-0.3, -0.25) is 4.79 Å². The average molecular weight is 473 g/mol. The highest BCUT2D eigenvalue weighted by Gasteiger charge is 2.15. The number of aromatic carboxylic acids is 1. The summed E-state index contributed by atoms with van der Waals surface area (Å²) in [7, 11) is 4.56. The number of amides is 1. The molecule has 0 spiro atoms. The molecule has 9 heteroatoms. The van der Waals surface area contributed by atoms with Gasteiger partial charge in [0.05, 0.1) is 33.0 Å². The van der Waals surface area contributed by atoms with E-state index in [2.05, 4.69) is 10.3 Å².